The fourth-order valence-corrected chi connectivity index (χ4v) is 3.27. The van der Waals surface area contributed by atoms with Crippen molar-refractivity contribution in [2.24, 2.45) is 0 Å². The third-order valence-corrected chi connectivity index (χ3v) is 4.56. The van der Waals surface area contributed by atoms with Crippen molar-refractivity contribution in [3.8, 4) is 0 Å². The van der Waals surface area contributed by atoms with E-state index in [-0.39, 0.29) is 0 Å². The first-order chi connectivity index (χ1) is 13.0. The van der Waals surface area contributed by atoms with E-state index in [2.05, 4.69) is 0 Å². The number of alkyl halides is 1. The molecule has 0 aliphatic carbocycles. The van der Waals surface area contributed by atoms with Crippen molar-refractivity contribution in [2.45, 2.75) is 24.4 Å². The van der Waals surface area contributed by atoms with Gasteiger partial charge >= 0.3 is 12.1 Å². The van der Waals surface area contributed by atoms with Crippen LogP contribution in [0, 0.1) is 0 Å². The number of carboxylic acid groups (broad SMARTS) is 1. The van der Waals surface area contributed by atoms with Gasteiger partial charge in [-0.15, -0.1) is 0 Å². The van der Waals surface area contributed by atoms with E-state index in [4.69, 9.17) is 9.47 Å². The van der Waals surface area contributed by atoms with E-state index in [0.29, 0.717) is 0 Å². The molecule has 0 unspecified atom stereocenters. The van der Waals surface area contributed by atoms with E-state index < -0.39 is 43.0 Å². The lowest BCUT2D eigenvalue weighted by molar-refractivity contribution is -0.145. The summed E-state index contributed by atoms with van der Waals surface area (Å²) in [6.07, 6.45) is -4.48. The Morgan fingerprint density at radius 2 is 1.59 bits per heavy atom. The van der Waals surface area contributed by atoms with Gasteiger partial charge in [0.15, 0.2) is 12.1 Å². The van der Waals surface area contributed by atoms with Gasteiger partial charge in [-0.25, -0.2) is 14.0 Å². The lowest BCUT2D eigenvalue weighted by Crippen LogP contribution is -2.46. The Labute approximate surface area is 156 Å². The van der Waals surface area contributed by atoms with Crippen LogP contribution >= 0.6 is 0 Å². The molecular weight excluding hydrogens is 353 g/mol. The fourth-order valence-electron chi connectivity index (χ4n) is 3.27. The van der Waals surface area contributed by atoms with Gasteiger partial charge in [-0.05, 0) is 11.1 Å². The molecule has 0 saturated carbocycles. The predicted octanol–water partition coefficient (Wildman–Crippen LogP) is 3.03. The SMILES string of the molecule is CO[C@H]1[C@@H](C(=O)O)N(C(=O)OC(c2ccccc2)c2ccccc2)C[C@@H]1F. The van der Waals surface area contributed by atoms with Crippen molar-refractivity contribution >= 4 is 12.1 Å². The molecule has 0 aromatic heterocycles. The van der Waals surface area contributed by atoms with Crippen LogP contribution in [0.4, 0.5) is 9.18 Å². The first-order valence-corrected chi connectivity index (χ1v) is 8.49. The molecule has 3 rings (SSSR count). The van der Waals surface area contributed by atoms with Crippen molar-refractivity contribution in [1.82, 2.24) is 4.90 Å². The number of aliphatic carboxylic acids is 1. The number of carboxylic acids is 1. The number of carbonyl (C=O) groups is 2. The van der Waals surface area contributed by atoms with Crippen LogP contribution in [0.25, 0.3) is 0 Å². The minimum absolute atomic E-state index is 0.398. The topological polar surface area (TPSA) is 76.1 Å². The predicted molar refractivity (Wildman–Crippen MR) is 95.0 cm³/mol. The normalized spacial score (nSPS) is 22.0. The van der Waals surface area contributed by atoms with Crippen molar-refractivity contribution in [3.63, 3.8) is 0 Å². The van der Waals surface area contributed by atoms with Gasteiger partial charge in [-0.3, -0.25) is 4.90 Å². The van der Waals surface area contributed by atoms with Crippen molar-refractivity contribution in [1.29, 1.82) is 0 Å². The maximum atomic E-state index is 14.2. The zero-order valence-electron chi connectivity index (χ0n) is 14.7. The van der Waals surface area contributed by atoms with Gasteiger partial charge in [0.2, 0.25) is 0 Å². The molecule has 0 spiro atoms. The molecule has 3 atom stereocenters. The van der Waals surface area contributed by atoms with Gasteiger partial charge in [0.05, 0.1) is 6.54 Å². The summed E-state index contributed by atoms with van der Waals surface area (Å²) in [6.45, 7) is -0.398. The number of ether oxygens (including phenoxy) is 2. The Morgan fingerprint density at radius 3 is 2.04 bits per heavy atom. The Morgan fingerprint density at radius 1 is 1.07 bits per heavy atom. The van der Waals surface area contributed by atoms with Crippen LogP contribution in [0.15, 0.2) is 60.7 Å². The van der Waals surface area contributed by atoms with Gasteiger partial charge < -0.3 is 14.6 Å². The molecule has 1 saturated heterocycles. The second-order valence-corrected chi connectivity index (χ2v) is 6.24. The third-order valence-electron chi connectivity index (χ3n) is 4.56. The summed E-state index contributed by atoms with van der Waals surface area (Å²) in [6, 6.07) is 16.7. The lowest BCUT2D eigenvalue weighted by Gasteiger charge is -2.26. The summed E-state index contributed by atoms with van der Waals surface area (Å²) < 4.78 is 24.7. The van der Waals surface area contributed by atoms with Crippen LogP contribution in [-0.4, -0.2) is 54.0 Å². The second-order valence-electron chi connectivity index (χ2n) is 6.24. The highest BCUT2D eigenvalue weighted by Gasteiger charge is 2.50. The molecule has 2 aromatic rings. The largest absolute Gasteiger partial charge is 0.480 e. The molecule has 0 bridgehead atoms. The molecule has 1 N–H and O–H groups in total. The number of carbonyl (C=O) groups excluding carboxylic acids is 1. The quantitative estimate of drug-likeness (QED) is 0.872. The Hall–Kier alpha value is -2.93. The number of hydrogen-bond donors (Lipinski definition) is 1. The van der Waals surface area contributed by atoms with Crippen LogP contribution in [0.5, 0.6) is 0 Å². The summed E-state index contributed by atoms with van der Waals surface area (Å²) in [7, 11) is 1.22. The Balaban J connectivity index is 1.88. The van der Waals surface area contributed by atoms with Gasteiger partial charge in [0.1, 0.15) is 12.3 Å². The second kappa shape index (κ2) is 8.18. The van der Waals surface area contributed by atoms with Crippen molar-refractivity contribution < 1.29 is 28.6 Å². The standard InChI is InChI=1S/C20H20FNO5/c1-26-18-15(21)12-22(16(18)19(23)24)20(25)27-17(13-8-4-2-5-9-13)14-10-6-3-7-11-14/h2-11,15-18H,12H2,1H3,(H,23,24)/t15-,16-,18+/m0/s1. The lowest BCUT2D eigenvalue weighted by atomic mass is 10.0. The number of methoxy groups -OCH3 is 1. The molecule has 1 heterocycles. The molecular formula is C20H20FNO5. The van der Waals surface area contributed by atoms with Crippen LogP contribution < -0.4 is 0 Å². The van der Waals surface area contributed by atoms with Crippen molar-refractivity contribution in [3.05, 3.63) is 71.8 Å². The molecule has 142 valence electrons. The Kier molecular flexibility index (Phi) is 5.71. The molecule has 0 radical (unpaired) electrons. The number of nitrogens with zero attached hydrogens (tertiary/aromatic N) is 1. The van der Waals surface area contributed by atoms with Crippen LogP contribution in [0.1, 0.15) is 17.2 Å². The van der Waals surface area contributed by atoms with E-state index in [0.717, 1.165) is 16.0 Å². The number of halogens is 1. The minimum atomic E-state index is -1.60. The van der Waals surface area contributed by atoms with E-state index in [1.165, 1.54) is 7.11 Å². The van der Waals surface area contributed by atoms with Gasteiger partial charge in [0.25, 0.3) is 0 Å². The average molecular weight is 373 g/mol. The molecule has 7 heteroatoms. The maximum absolute atomic E-state index is 14.2. The highest BCUT2D eigenvalue weighted by molar-refractivity contribution is 5.82. The first kappa shape index (κ1) is 18.8. The number of amides is 1. The zero-order chi connectivity index (χ0) is 19.4. The molecule has 1 aliphatic heterocycles. The summed E-state index contributed by atoms with van der Waals surface area (Å²) in [5.74, 6) is -1.34. The number of benzene rings is 2. The smallest absolute Gasteiger partial charge is 0.411 e. The van der Waals surface area contributed by atoms with Crippen molar-refractivity contribution in [2.75, 3.05) is 13.7 Å². The minimum Gasteiger partial charge on any atom is -0.480 e. The highest BCUT2D eigenvalue weighted by Crippen LogP contribution is 2.30. The molecule has 1 amide bonds. The van der Waals surface area contributed by atoms with Crippen LogP contribution in [0.2, 0.25) is 0 Å². The summed E-state index contributed by atoms with van der Waals surface area (Å²) in [4.78, 5) is 25.2. The van der Waals surface area contributed by atoms with Crippen LogP contribution in [0.3, 0.4) is 0 Å². The number of likely N-dealkylation sites (tertiary alicyclic amines) is 1. The Bertz CT molecular complexity index is 746. The monoisotopic (exact) mass is 373 g/mol. The first-order valence-electron chi connectivity index (χ1n) is 8.49. The van der Waals surface area contributed by atoms with E-state index in [1.54, 1.807) is 24.3 Å². The van der Waals surface area contributed by atoms with Gasteiger partial charge in [-0.2, -0.15) is 0 Å². The number of rotatable bonds is 5. The van der Waals surface area contributed by atoms with Gasteiger partial charge in [-0.1, -0.05) is 60.7 Å². The van der Waals surface area contributed by atoms with Crippen LogP contribution in [-0.2, 0) is 14.3 Å². The summed E-state index contributed by atoms with van der Waals surface area (Å²) in [5, 5.41) is 9.42. The molecule has 6 nitrogen and oxygen atoms in total. The maximum Gasteiger partial charge on any atom is 0.411 e. The highest BCUT2D eigenvalue weighted by atomic mass is 19.1. The average Bonchev–Trinajstić information content (AvgIpc) is 3.04. The molecule has 1 aliphatic rings. The third kappa shape index (κ3) is 3.93. The van der Waals surface area contributed by atoms with E-state index >= 15 is 0 Å². The van der Waals surface area contributed by atoms with E-state index in [9.17, 15) is 19.1 Å². The van der Waals surface area contributed by atoms with E-state index in [1.807, 2.05) is 36.4 Å². The molecule has 1 fully saturated rings. The van der Waals surface area contributed by atoms with Gasteiger partial charge in [0, 0.05) is 7.11 Å². The fraction of sp³-hybridized carbons (Fsp3) is 0.300. The number of hydrogen-bond acceptors (Lipinski definition) is 4. The summed E-state index contributed by atoms with van der Waals surface area (Å²) >= 11 is 0. The zero-order valence-corrected chi connectivity index (χ0v) is 14.7. The summed E-state index contributed by atoms with van der Waals surface area (Å²) in [5.41, 5.74) is 1.45. The molecule has 2 aromatic carbocycles. The molecule has 27 heavy (non-hydrogen) atoms.